The molecule has 0 aliphatic rings. The van der Waals surface area contributed by atoms with Crippen LogP contribution in [0.25, 0.3) is 10.1 Å². The van der Waals surface area contributed by atoms with Gasteiger partial charge < -0.3 is 5.32 Å². The highest BCUT2D eigenvalue weighted by molar-refractivity contribution is 7.17. The van der Waals surface area contributed by atoms with Gasteiger partial charge in [0.15, 0.2) is 0 Å². The smallest absolute Gasteiger partial charge is 0.289 e. The zero-order chi connectivity index (χ0) is 16.8. The lowest BCUT2D eigenvalue weighted by Gasteiger charge is -2.02. The van der Waals surface area contributed by atoms with Crippen molar-refractivity contribution in [3.05, 3.63) is 59.5 Å². The van der Waals surface area contributed by atoms with E-state index in [2.05, 4.69) is 25.8 Å². The molecule has 3 aromatic rings. The first kappa shape index (κ1) is 15.8. The second-order valence-corrected chi connectivity index (χ2v) is 5.65. The van der Waals surface area contributed by atoms with E-state index in [1.54, 1.807) is 23.6 Å². The molecule has 24 heavy (non-hydrogen) atoms. The fraction of sp³-hybridized carbons (Fsp3) is 0.0625. The van der Waals surface area contributed by atoms with Gasteiger partial charge in [0.2, 0.25) is 5.82 Å². The summed E-state index contributed by atoms with van der Waals surface area (Å²) in [6.07, 6.45) is 4.49. The second kappa shape index (κ2) is 7.42. The third-order valence-corrected chi connectivity index (χ3v) is 4.06. The van der Waals surface area contributed by atoms with Gasteiger partial charge in [-0.3, -0.25) is 9.59 Å². The van der Waals surface area contributed by atoms with Crippen LogP contribution in [0.4, 0.5) is 0 Å². The minimum atomic E-state index is -0.515. The number of carbonyl (C=O) groups excluding carboxylic acids is 2. The zero-order valence-corrected chi connectivity index (χ0v) is 13.3. The quantitative estimate of drug-likeness (QED) is 0.545. The van der Waals surface area contributed by atoms with Crippen molar-refractivity contribution in [2.45, 2.75) is 0 Å². The summed E-state index contributed by atoms with van der Waals surface area (Å²) >= 11 is 1.61. The Morgan fingerprint density at radius 3 is 2.79 bits per heavy atom. The molecule has 0 spiro atoms. The fourth-order valence-corrected chi connectivity index (χ4v) is 2.88. The number of fused-ring (bicyclic) bond motifs is 1. The largest absolute Gasteiger partial charge is 0.340 e. The lowest BCUT2D eigenvalue weighted by atomic mass is 10.2. The number of carbonyl (C=O) groups is 2. The highest BCUT2D eigenvalue weighted by atomic mass is 32.1. The molecule has 1 aromatic carbocycles. The van der Waals surface area contributed by atoms with E-state index in [0.717, 1.165) is 15.6 Å². The number of aromatic nitrogens is 2. The van der Waals surface area contributed by atoms with E-state index >= 15 is 0 Å². The molecule has 0 unspecified atom stereocenters. The van der Waals surface area contributed by atoms with E-state index in [1.807, 2.05) is 29.6 Å². The van der Waals surface area contributed by atoms with Crippen molar-refractivity contribution < 1.29 is 9.59 Å². The molecule has 0 aliphatic heterocycles. The number of amides is 2. The standard InChI is InChI=1S/C16H13N5O2S/c22-14(9-19-16(23)15-17-6-3-7-18-15)21-20-8-11-10-24-13-5-2-1-4-12(11)13/h1-8,10H,9H2,(H,19,23)(H,21,22). The van der Waals surface area contributed by atoms with E-state index in [1.165, 1.54) is 12.4 Å². The molecule has 2 aromatic heterocycles. The van der Waals surface area contributed by atoms with Gasteiger partial charge in [0, 0.05) is 33.4 Å². The van der Waals surface area contributed by atoms with Crippen LogP contribution in [0.15, 0.2) is 53.2 Å². The molecule has 2 N–H and O–H groups in total. The molecule has 0 bridgehead atoms. The van der Waals surface area contributed by atoms with Crippen molar-refractivity contribution >= 4 is 39.5 Å². The van der Waals surface area contributed by atoms with Gasteiger partial charge in [-0.05, 0) is 12.1 Å². The number of rotatable bonds is 5. The number of benzene rings is 1. The summed E-state index contributed by atoms with van der Waals surface area (Å²) < 4.78 is 1.15. The molecule has 120 valence electrons. The fourth-order valence-electron chi connectivity index (χ4n) is 1.97. The van der Waals surface area contributed by atoms with Crippen molar-refractivity contribution in [2.75, 3.05) is 6.54 Å². The lowest BCUT2D eigenvalue weighted by Crippen LogP contribution is -2.35. The van der Waals surface area contributed by atoms with Crippen molar-refractivity contribution in [3.8, 4) is 0 Å². The van der Waals surface area contributed by atoms with Crippen molar-refractivity contribution in [1.29, 1.82) is 0 Å². The van der Waals surface area contributed by atoms with Crippen molar-refractivity contribution in [3.63, 3.8) is 0 Å². The van der Waals surface area contributed by atoms with Crippen LogP contribution in [0.1, 0.15) is 16.2 Å². The zero-order valence-electron chi connectivity index (χ0n) is 12.5. The molecule has 2 heterocycles. The Kier molecular flexibility index (Phi) is 4.87. The van der Waals surface area contributed by atoms with Gasteiger partial charge in [0.1, 0.15) is 0 Å². The van der Waals surface area contributed by atoms with E-state index in [9.17, 15) is 9.59 Å². The van der Waals surface area contributed by atoms with E-state index in [-0.39, 0.29) is 12.4 Å². The molecular formula is C16H13N5O2S. The highest BCUT2D eigenvalue weighted by Crippen LogP contribution is 2.23. The molecule has 0 radical (unpaired) electrons. The van der Waals surface area contributed by atoms with Crippen LogP contribution in [0.2, 0.25) is 0 Å². The molecule has 0 aliphatic carbocycles. The second-order valence-electron chi connectivity index (χ2n) is 4.74. The summed E-state index contributed by atoms with van der Waals surface area (Å²) in [7, 11) is 0. The Balaban J connectivity index is 1.51. The van der Waals surface area contributed by atoms with E-state index in [0.29, 0.717) is 0 Å². The molecule has 0 saturated carbocycles. The predicted octanol–water partition coefficient (Wildman–Crippen LogP) is 1.57. The van der Waals surface area contributed by atoms with Gasteiger partial charge in [-0.25, -0.2) is 15.4 Å². The first-order valence-electron chi connectivity index (χ1n) is 7.07. The maximum absolute atomic E-state index is 11.7. The van der Waals surface area contributed by atoms with E-state index in [4.69, 9.17) is 0 Å². The molecular weight excluding hydrogens is 326 g/mol. The molecule has 7 nitrogen and oxygen atoms in total. The highest BCUT2D eigenvalue weighted by Gasteiger charge is 2.09. The summed E-state index contributed by atoms with van der Waals surface area (Å²) in [5, 5.41) is 9.38. The van der Waals surface area contributed by atoms with Crippen LogP contribution in [0.3, 0.4) is 0 Å². The minimum absolute atomic E-state index is 0.0125. The van der Waals surface area contributed by atoms with Gasteiger partial charge >= 0.3 is 0 Å². The van der Waals surface area contributed by atoms with Gasteiger partial charge in [-0.2, -0.15) is 5.10 Å². The monoisotopic (exact) mass is 339 g/mol. The maximum Gasteiger partial charge on any atom is 0.289 e. The Hall–Kier alpha value is -3.13. The average Bonchev–Trinajstić information content (AvgIpc) is 3.04. The number of hydrazone groups is 1. The molecule has 0 saturated heterocycles. The molecule has 8 heteroatoms. The number of hydrogen-bond acceptors (Lipinski definition) is 6. The average molecular weight is 339 g/mol. The number of hydrogen-bond donors (Lipinski definition) is 2. The number of nitrogens with one attached hydrogen (secondary N) is 2. The van der Waals surface area contributed by atoms with Gasteiger partial charge in [0.25, 0.3) is 11.8 Å². The van der Waals surface area contributed by atoms with Gasteiger partial charge in [0.05, 0.1) is 12.8 Å². The summed E-state index contributed by atoms with van der Waals surface area (Å²) in [5.74, 6) is -0.938. The SMILES string of the molecule is O=C(CNC(=O)c1ncccn1)NN=Cc1csc2ccccc12. The molecule has 3 rings (SSSR count). The van der Waals surface area contributed by atoms with Crippen LogP contribution in [-0.2, 0) is 4.79 Å². The van der Waals surface area contributed by atoms with Gasteiger partial charge in [-0.1, -0.05) is 18.2 Å². The van der Waals surface area contributed by atoms with Crippen molar-refractivity contribution in [2.24, 2.45) is 5.10 Å². The molecule has 2 amide bonds. The Bertz CT molecular complexity index is 892. The maximum atomic E-state index is 11.7. The summed E-state index contributed by atoms with van der Waals surface area (Å²) in [5.41, 5.74) is 3.30. The predicted molar refractivity (Wildman–Crippen MR) is 91.9 cm³/mol. The molecule has 0 fully saturated rings. The van der Waals surface area contributed by atoms with Crippen molar-refractivity contribution in [1.82, 2.24) is 20.7 Å². The Labute approximate surface area is 141 Å². The first-order valence-corrected chi connectivity index (χ1v) is 7.95. The van der Waals surface area contributed by atoms with Crippen LogP contribution >= 0.6 is 11.3 Å². The Morgan fingerprint density at radius 2 is 1.96 bits per heavy atom. The van der Waals surface area contributed by atoms with Crippen LogP contribution < -0.4 is 10.7 Å². The number of thiophene rings is 1. The topological polar surface area (TPSA) is 96.3 Å². The third kappa shape index (κ3) is 3.79. The van der Waals surface area contributed by atoms with Gasteiger partial charge in [-0.15, -0.1) is 11.3 Å². The normalized spacial score (nSPS) is 10.8. The number of nitrogens with zero attached hydrogens (tertiary/aromatic N) is 3. The Morgan fingerprint density at radius 1 is 1.17 bits per heavy atom. The van der Waals surface area contributed by atoms with Crippen LogP contribution in [0.5, 0.6) is 0 Å². The summed E-state index contributed by atoms with van der Waals surface area (Å²) in [4.78, 5) is 31.0. The first-order chi connectivity index (χ1) is 11.7. The third-order valence-electron chi connectivity index (χ3n) is 3.08. The summed E-state index contributed by atoms with van der Waals surface area (Å²) in [6, 6.07) is 9.55. The molecule has 0 atom stereocenters. The van der Waals surface area contributed by atoms with Crippen LogP contribution in [0, 0.1) is 0 Å². The lowest BCUT2D eigenvalue weighted by molar-refractivity contribution is -0.120. The minimum Gasteiger partial charge on any atom is -0.340 e. The van der Waals surface area contributed by atoms with Crippen LogP contribution in [-0.4, -0.2) is 34.5 Å². The van der Waals surface area contributed by atoms with E-state index < -0.39 is 11.8 Å². The summed E-state index contributed by atoms with van der Waals surface area (Å²) in [6.45, 7) is -0.210.